The summed E-state index contributed by atoms with van der Waals surface area (Å²) in [4.78, 5) is 0. The van der Waals surface area contributed by atoms with E-state index in [4.69, 9.17) is 11.6 Å². The molecule has 0 amide bonds. The average Bonchev–Trinajstić information content (AvgIpc) is 2.30. The van der Waals surface area contributed by atoms with Crippen molar-refractivity contribution < 1.29 is 0 Å². The molecule has 1 aliphatic carbocycles. The van der Waals surface area contributed by atoms with E-state index in [0.717, 1.165) is 16.9 Å². The lowest BCUT2D eigenvalue weighted by Gasteiger charge is -2.27. The molecule has 1 heteroatoms. The van der Waals surface area contributed by atoms with Crippen LogP contribution in [0.4, 0.5) is 0 Å². The topological polar surface area (TPSA) is 0 Å². The molecule has 0 N–H and O–H groups in total. The van der Waals surface area contributed by atoms with Crippen LogP contribution in [0.15, 0.2) is 24.3 Å². The number of hydrogen-bond donors (Lipinski definition) is 0. The minimum absolute atomic E-state index is 0.875. The zero-order valence-electron chi connectivity index (χ0n) is 10.1. The van der Waals surface area contributed by atoms with Crippen LogP contribution in [0.5, 0.6) is 0 Å². The molecular weight excluding hydrogens is 216 g/mol. The van der Waals surface area contributed by atoms with Crippen molar-refractivity contribution in [1.29, 1.82) is 0 Å². The Morgan fingerprint density at radius 3 is 2.44 bits per heavy atom. The van der Waals surface area contributed by atoms with Crippen LogP contribution in [0.2, 0.25) is 5.02 Å². The third kappa shape index (κ3) is 3.25. The number of benzene rings is 1. The second-order valence-corrected chi connectivity index (χ2v) is 5.57. The van der Waals surface area contributed by atoms with Crippen molar-refractivity contribution >= 4 is 11.6 Å². The Morgan fingerprint density at radius 2 is 1.81 bits per heavy atom. The first kappa shape index (κ1) is 12.0. The zero-order valence-corrected chi connectivity index (χ0v) is 10.8. The third-order valence-electron chi connectivity index (χ3n) is 3.96. The van der Waals surface area contributed by atoms with Crippen LogP contribution < -0.4 is 0 Å². The molecule has 0 spiro atoms. The van der Waals surface area contributed by atoms with Crippen LogP contribution in [0.1, 0.15) is 44.6 Å². The molecule has 88 valence electrons. The second-order valence-electron chi connectivity index (χ2n) is 5.13. The van der Waals surface area contributed by atoms with Gasteiger partial charge in [0.05, 0.1) is 0 Å². The molecule has 1 aromatic carbocycles. The molecule has 0 unspecified atom stereocenters. The Hall–Kier alpha value is -0.490. The van der Waals surface area contributed by atoms with Gasteiger partial charge in [0.15, 0.2) is 0 Å². The summed E-state index contributed by atoms with van der Waals surface area (Å²) < 4.78 is 0. The molecule has 16 heavy (non-hydrogen) atoms. The molecule has 0 aliphatic heterocycles. The van der Waals surface area contributed by atoms with E-state index in [0.29, 0.717) is 0 Å². The minimum atomic E-state index is 0.875. The van der Waals surface area contributed by atoms with E-state index in [1.165, 1.54) is 44.1 Å². The summed E-state index contributed by atoms with van der Waals surface area (Å²) in [7, 11) is 0. The highest BCUT2D eigenvalue weighted by Gasteiger charge is 2.19. The Bertz CT molecular complexity index is 324. The molecule has 2 rings (SSSR count). The highest BCUT2D eigenvalue weighted by molar-refractivity contribution is 6.30. The van der Waals surface area contributed by atoms with E-state index in [2.05, 4.69) is 25.1 Å². The van der Waals surface area contributed by atoms with Crippen LogP contribution in [0.25, 0.3) is 0 Å². The second kappa shape index (κ2) is 5.72. The first-order valence-electron chi connectivity index (χ1n) is 6.52. The average molecular weight is 237 g/mol. The molecule has 0 nitrogen and oxygen atoms in total. The van der Waals surface area contributed by atoms with Gasteiger partial charge in [0.25, 0.3) is 0 Å². The van der Waals surface area contributed by atoms with Crippen molar-refractivity contribution in [2.75, 3.05) is 0 Å². The van der Waals surface area contributed by atoms with E-state index in [1.807, 2.05) is 6.07 Å². The number of rotatable bonds is 3. The maximum absolute atomic E-state index is 6.01. The van der Waals surface area contributed by atoms with Crippen LogP contribution >= 0.6 is 11.6 Å². The van der Waals surface area contributed by atoms with Crippen LogP contribution in [-0.2, 0) is 6.42 Å². The Labute approximate surface area is 104 Å². The van der Waals surface area contributed by atoms with Gasteiger partial charge in [-0.25, -0.2) is 0 Å². The maximum atomic E-state index is 6.01. The van der Waals surface area contributed by atoms with Gasteiger partial charge < -0.3 is 0 Å². The molecule has 1 fully saturated rings. The monoisotopic (exact) mass is 236 g/mol. The fourth-order valence-electron chi connectivity index (χ4n) is 2.84. The largest absolute Gasteiger partial charge is 0.0843 e. The summed E-state index contributed by atoms with van der Waals surface area (Å²) in [6, 6.07) is 8.35. The van der Waals surface area contributed by atoms with Crippen molar-refractivity contribution in [1.82, 2.24) is 0 Å². The van der Waals surface area contributed by atoms with Gasteiger partial charge in [-0.15, -0.1) is 0 Å². The lowest BCUT2D eigenvalue weighted by Crippen LogP contribution is -2.15. The molecule has 0 atom stereocenters. The smallest absolute Gasteiger partial charge is 0.0408 e. The van der Waals surface area contributed by atoms with Gasteiger partial charge in [0.2, 0.25) is 0 Å². The van der Waals surface area contributed by atoms with Gasteiger partial charge in [-0.1, -0.05) is 49.9 Å². The molecule has 0 bridgehead atoms. The van der Waals surface area contributed by atoms with Crippen molar-refractivity contribution in [3.63, 3.8) is 0 Å². The quantitative estimate of drug-likeness (QED) is 0.685. The molecule has 1 aromatic rings. The van der Waals surface area contributed by atoms with E-state index in [-0.39, 0.29) is 0 Å². The molecule has 0 heterocycles. The molecule has 1 saturated carbocycles. The van der Waals surface area contributed by atoms with Gasteiger partial charge in [-0.2, -0.15) is 0 Å². The normalized spacial score (nSPS) is 25.6. The van der Waals surface area contributed by atoms with Gasteiger partial charge in [0, 0.05) is 5.02 Å². The number of halogens is 1. The fraction of sp³-hybridized carbons (Fsp3) is 0.600. The Morgan fingerprint density at radius 1 is 1.12 bits per heavy atom. The standard InChI is InChI=1S/C15H21Cl/c1-2-12-6-8-13(9-7-12)10-14-4-3-5-15(16)11-14/h3-5,11-13H,2,6-10H2,1H3/t12-,13-. The Kier molecular flexibility index (Phi) is 4.29. The Balaban J connectivity index is 1.87. The third-order valence-corrected chi connectivity index (χ3v) is 4.19. The SMILES string of the molecule is CC[C@H]1CC[C@H](Cc2cccc(Cl)c2)CC1. The van der Waals surface area contributed by atoms with Gasteiger partial charge in [-0.3, -0.25) is 0 Å². The van der Waals surface area contributed by atoms with Crippen LogP contribution in [0.3, 0.4) is 0 Å². The van der Waals surface area contributed by atoms with Crippen LogP contribution in [-0.4, -0.2) is 0 Å². The summed E-state index contributed by atoms with van der Waals surface area (Å²) >= 11 is 6.01. The van der Waals surface area contributed by atoms with E-state index < -0.39 is 0 Å². The minimum Gasteiger partial charge on any atom is -0.0843 e. The summed E-state index contributed by atoms with van der Waals surface area (Å²) in [5.74, 6) is 1.89. The lowest BCUT2D eigenvalue weighted by molar-refractivity contribution is 0.268. The van der Waals surface area contributed by atoms with Crippen LogP contribution in [0, 0.1) is 11.8 Å². The zero-order chi connectivity index (χ0) is 11.4. The maximum Gasteiger partial charge on any atom is 0.0408 e. The summed E-state index contributed by atoms with van der Waals surface area (Å²) in [5.41, 5.74) is 1.41. The predicted octanol–water partition coefficient (Wildman–Crippen LogP) is 5.10. The van der Waals surface area contributed by atoms with E-state index >= 15 is 0 Å². The molecule has 0 saturated heterocycles. The van der Waals surface area contributed by atoms with E-state index in [1.54, 1.807) is 0 Å². The fourth-order valence-corrected chi connectivity index (χ4v) is 3.05. The van der Waals surface area contributed by atoms with Crippen molar-refractivity contribution in [3.05, 3.63) is 34.9 Å². The van der Waals surface area contributed by atoms with Crippen molar-refractivity contribution in [2.45, 2.75) is 45.4 Å². The number of hydrogen-bond acceptors (Lipinski definition) is 0. The van der Waals surface area contributed by atoms with Crippen molar-refractivity contribution in [3.8, 4) is 0 Å². The predicted molar refractivity (Wildman–Crippen MR) is 70.9 cm³/mol. The van der Waals surface area contributed by atoms with Crippen molar-refractivity contribution in [2.24, 2.45) is 11.8 Å². The molecule has 0 aromatic heterocycles. The van der Waals surface area contributed by atoms with Gasteiger partial charge >= 0.3 is 0 Å². The summed E-state index contributed by atoms with van der Waals surface area (Å²) in [6.45, 7) is 2.32. The first-order valence-corrected chi connectivity index (χ1v) is 6.90. The van der Waals surface area contributed by atoms with Gasteiger partial charge in [0.1, 0.15) is 0 Å². The lowest BCUT2D eigenvalue weighted by atomic mass is 9.78. The summed E-state index contributed by atoms with van der Waals surface area (Å²) in [6.07, 6.45) is 8.26. The molecule has 0 radical (unpaired) electrons. The highest BCUT2D eigenvalue weighted by Crippen LogP contribution is 2.32. The highest BCUT2D eigenvalue weighted by atomic mass is 35.5. The summed E-state index contributed by atoms with van der Waals surface area (Å²) in [5, 5.41) is 0.875. The first-order chi connectivity index (χ1) is 7.78. The van der Waals surface area contributed by atoms with E-state index in [9.17, 15) is 0 Å². The molecular formula is C15H21Cl. The molecule has 1 aliphatic rings. The van der Waals surface area contributed by atoms with Gasteiger partial charge in [-0.05, 0) is 48.8 Å².